The van der Waals surface area contributed by atoms with Crippen LogP contribution in [0.1, 0.15) is 10.4 Å². The van der Waals surface area contributed by atoms with Crippen molar-refractivity contribution in [2.45, 2.75) is 0 Å². The van der Waals surface area contributed by atoms with Gasteiger partial charge in [0.25, 0.3) is 0 Å². The molecule has 5 heteroatoms. The first-order chi connectivity index (χ1) is 7.72. The maximum atomic E-state index is 11.7. The normalized spacial score (nSPS) is 13.7. The highest BCUT2D eigenvalue weighted by Gasteiger charge is 2.15. The summed E-state index contributed by atoms with van der Waals surface area (Å²) in [7, 11) is 0. The van der Waals surface area contributed by atoms with E-state index in [2.05, 4.69) is 17.5 Å². The second-order valence-electron chi connectivity index (χ2n) is 3.17. The lowest BCUT2D eigenvalue weighted by molar-refractivity contribution is 0.104. The van der Waals surface area contributed by atoms with Crippen LogP contribution in [-0.2, 0) is 0 Å². The predicted molar refractivity (Wildman–Crippen MR) is 63.9 cm³/mol. The van der Waals surface area contributed by atoms with E-state index >= 15 is 0 Å². The van der Waals surface area contributed by atoms with Crippen LogP contribution < -0.4 is 16.0 Å². The van der Waals surface area contributed by atoms with Gasteiger partial charge in [-0.15, -0.1) is 5.53 Å². The number of nitrogens with one attached hydrogen (secondary N) is 2. The van der Waals surface area contributed by atoms with E-state index in [0.29, 0.717) is 10.6 Å². The largest absolute Gasteiger partial charge is 0.309 e. The number of ketones is 1. The lowest BCUT2D eigenvalue weighted by atomic mass is 10.1. The SMILES string of the molecule is C=CC(=O)c1cc(Cl)ccc1N1C=CNN1. The molecule has 1 heterocycles. The molecule has 1 aliphatic rings. The zero-order chi connectivity index (χ0) is 11.5. The summed E-state index contributed by atoms with van der Waals surface area (Å²) < 4.78 is 0. The highest BCUT2D eigenvalue weighted by Crippen LogP contribution is 2.25. The Morgan fingerprint density at radius 1 is 1.50 bits per heavy atom. The Hall–Kier alpha value is -1.78. The number of anilines is 1. The molecule has 2 rings (SSSR count). The lowest BCUT2D eigenvalue weighted by Crippen LogP contribution is -2.36. The van der Waals surface area contributed by atoms with E-state index < -0.39 is 0 Å². The van der Waals surface area contributed by atoms with Gasteiger partial charge in [-0.05, 0) is 24.3 Å². The fraction of sp³-hybridized carbons (Fsp3) is 0. The number of benzene rings is 1. The molecule has 2 N–H and O–H groups in total. The molecule has 0 saturated heterocycles. The summed E-state index contributed by atoms with van der Waals surface area (Å²) >= 11 is 5.87. The van der Waals surface area contributed by atoms with Crippen molar-refractivity contribution >= 4 is 23.1 Å². The average molecular weight is 236 g/mol. The minimum atomic E-state index is -0.167. The van der Waals surface area contributed by atoms with Crippen molar-refractivity contribution in [3.8, 4) is 0 Å². The molecule has 1 aromatic carbocycles. The Balaban J connectivity index is 2.46. The number of carbonyl (C=O) groups excluding carboxylic acids is 1. The van der Waals surface area contributed by atoms with Gasteiger partial charge in [0, 0.05) is 23.0 Å². The molecule has 0 amide bonds. The van der Waals surface area contributed by atoms with Crippen LogP contribution in [0.4, 0.5) is 5.69 Å². The monoisotopic (exact) mass is 235 g/mol. The summed E-state index contributed by atoms with van der Waals surface area (Å²) in [4.78, 5) is 11.7. The van der Waals surface area contributed by atoms with E-state index in [4.69, 9.17) is 11.6 Å². The van der Waals surface area contributed by atoms with Gasteiger partial charge in [-0.3, -0.25) is 9.80 Å². The van der Waals surface area contributed by atoms with Crippen LogP contribution in [0.2, 0.25) is 5.02 Å². The fourth-order valence-corrected chi connectivity index (χ4v) is 1.59. The molecule has 0 bridgehead atoms. The van der Waals surface area contributed by atoms with Crippen LogP contribution in [0.15, 0.2) is 43.3 Å². The molecular formula is C11H10ClN3O. The molecule has 82 valence electrons. The van der Waals surface area contributed by atoms with Crippen LogP contribution in [0, 0.1) is 0 Å². The van der Waals surface area contributed by atoms with E-state index in [9.17, 15) is 4.79 Å². The molecule has 1 aromatic rings. The first-order valence-electron chi connectivity index (χ1n) is 4.66. The third-order valence-corrected chi connectivity index (χ3v) is 2.40. The second kappa shape index (κ2) is 4.38. The Labute approximate surface area is 98.1 Å². The van der Waals surface area contributed by atoms with E-state index in [0.717, 1.165) is 5.69 Å². The summed E-state index contributed by atoms with van der Waals surface area (Å²) in [5.41, 5.74) is 6.87. The van der Waals surface area contributed by atoms with E-state index in [1.54, 1.807) is 35.6 Å². The van der Waals surface area contributed by atoms with Crippen molar-refractivity contribution in [1.82, 2.24) is 11.0 Å². The van der Waals surface area contributed by atoms with Gasteiger partial charge in [0.2, 0.25) is 0 Å². The highest BCUT2D eigenvalue weighted by molar-refractivity contribution is 6.31. The number of nitrogens with zero attached hydrogens (tertiary/aromatic N) is 1. The van der Waals surface area contributed by atoms with Gasteiger partial charge >= 0.3 is 0 Å². The number of rotatable bonds is 3. The summed E-state index contributed by atoms with van der Waals surface area (Å²) in [6, 6.07) is 5.11. The first-order valence-corrected chi connectivity index (χ1v) is 5.03. The lowest BCUT2D eigenvalue weighted by Gasteiger charge is -2.18. The molecular weight excluding hydrogens is 226 g/mol. The quantitative estimate of drug-likeness (QED) is 0.622. The predicted octanol–water partition coefficient (Wildman–Crippen LogP) is 2.01. The minimum Gasteiger partial charge on any atom is -0.309 e. The van der Waals surface area contributed by atoms with Gasteiger partial charge in [0.05, 0.1) is 5.69 Å². The summed E-state index contributed by atoms with van der Waals surface area (Å²) in [5, 5.41) is 2.21. The number of halogens is 1. The molecule has 1 aliphatic heterocycles. The third-order valence-electron chi connectivity index (χ3n) is 2.16. The van der Waals surface area contributed by atoms with Crippen molar-refractivity contribution in [3.63, 3.8) is 0 Å². The van der Waals surface area contributed by atoms with Gasteiger partial charge in [0.15, 0.2) is 5.78 Å². The molecule has 0 spiro atoms. The van der Waals surface area contributed by atoms with E-state index in [1.165, 1.54) is 6.08 Å². The number of hydrazine groups is 2. The van der Waals surface area contributed by atoms with Crippen LogP contribution >= 0.6 is 11.6 Å². The highest BCUT2D eigenvalue weighted by atomic mass is 35.5. The van der Waals surface area contributed by atoms with Gasteiger partial charge in [-0.1, -0.05) is 18.2 Å². The standard InChI is InChI=1S/C11H10ClN3O/c1-2-11(16)9-7-8(12)3-4-10(9)15-6-5-13-14-15/h2-7,13-14H,1H2. The van der Waals surface area contributed by atoms with E-state index in [-0.39, 0.29) is 5.78 Å². The Kier molecular flexibility index (Phi) is 2.94. The third kappa shape index (κ3) is 1.93. The fourth-order valence-electron chi connectivity index (χ4n) is 1.42. The number of carbonyl (C=O) groups is 1. The van der Waals surface area contributed by atoms with Crippen molar-refractivity contribution in [1.29, 1.82) is 0 Å². The van der Waals surface area contributed by atoms with Gasteiger partial charge in [-0.25, -0.2) is 0 Å². The van der Waals surface area contributed by atoms with Crippen molar-refractivity contribution in [3.05, 3.63) is 53.8 Å². The van der Waals surface area contributed by atoms with Crippen molar-refractivity contribution in [2.24, 2.45) is 0 Å². The van der Waals surface area contributed by atoms with Gasteiger partial charge in [0.1, 0.15) is 0 Å². The molecule has 0 unspecified atom stereocenters. The second-order valence-corrected chi connectivity index (χ2v) is 3.61. The van der Waals surface area contributed by atoms with Gasteiger partial charge in [-0.2, -0.15) is 0 Å². The van der Waals surface area contributed by atoms with Gasteiger partial charge < -0.3 is 5.43 Å². The van der Waals surface area contributed by atoms with Crippen molar-refractivity contribution in [2.75, 3.05) is 5.01 Å². The maximum Gasteiger partial charge on any atom is 0.187 e. The molecule has 4 nitrogen and oxygen atoms in total. The number of hydrogen-bond acceptors (Lipinski definition) is 4. The first kappa shape index (κ1) is 10.7. The summed E-state index contributed by atoms with van der Waals surface area (Å²) in [6.45, 7) is 3.47. The molecule has 16 heavy (non-hydrogen) atoms. The average Bonchev–Trinajstić information content (AvgIpc) is 2.81. The van der Waals surface area contributed by atoms with Crippen LogP contribution in [-0.4, -0.2) is 5.78 Å². The van der Waals surface area contributed by atoms with E-state index in [1.807, 2.05) is 0 Å². The summed E-state index contributed by atoms with van der Waals surface area (Å²) in [5.74, 6) is -0.167. The molecule has 0 fully saturated rings. The molecule has 0 aromatic heterocycles. The van der Waals surface area contributed by atoms with Crippen molar-refractivity contribution < 1.29 is 4.79 Å². The van der Waals surface area contributed by atoms with Crippen LogP contribution in [0.5, 0.6) is 0 Å². The maximum absolute atomic E-state index is 11.7. The molecule has 0 radical (unpaired) electrons. The Morgan fingerprint density at radius 3 is 2.94 bits per heavy atom. The smallest absolute Gasteiger partial charge is 0.187 e. The summed E-state index contributed by atoms with van der Waals surface area (Å²) in [6.07, 6.45) is 4.75. The number of allylic oxidation sites excluding steroid dienone is 1. The van der Waals surface area contributed by atoms with Crippen LogP contribution in [0.3, 0.4) is 0 Å². The molecule has 0 atom stereocenters. The number of hydrogen-bond donors (Lipinski definition) is 2. The minimum absolute atomic E-state index is 0.167. The molecule has 0 aliphatic carbocycles. The molecule has 0 saturated carbocycles. The Bertz CT molecular complexity index is 470. The zero-order valence-electron chi connectivity index (χ0n) is 8.40. The Morgan fingerprint density at radius 2 is 2.31 bits per heavy atom. The zero-order valence-corrected chi connectivity index (χ0v) is 9.16. The van der Waals surface area contributed by atoms with Crippen LogP contribution in [0.25, 0.3) is 0 Å². The topological polar surface area (TPSA) is 44.4 Å².